The Kier molecular flexibility index (Phi) is 4.79. The molecule has 0 bridgehead atoms. The summed E-state index contributed by atoms with van der Waals surface area (Å²) in [5.74, 6) is 0. The van der Waals surface area contributed by atoms with Crippen molar-refractivity contribution >= 4 is 21.6 Å². The van der Waals surface area contributed by atoms with Gasteiger partial charge in [-0.3, -0.25) is 4.79 Å². The third-order valence-corrected chi connectivity index (χ3v) is 4.31. The number of hydrogen-bond acceptors (Lipinski definition) is 6. The molecule has 1 aromatic heterocycles. The Bertz CT molecular complexity index is 536. The van der Waals surface area contributed by atoms with E-state index >= 15 is 0 Å². The number of nitrogens with one attached hydrogen (secondary N) is 1. The minimum Gasteiger partial charge on any atom is -0.394 e. The molecule has 1 aromatic rings. The minimum atomic E-state index is -0.945. The lowest BCUT2D eigenvalue weighted by molar-refractivity contribution is -0.0176. The van der Waals surface area contributed by atoms with E-state index in [1.54, 1.807) is 0 Å². The van der Waals surface area contributed by atoms with Crippen LogP contribution in [0.3, 0.4) is 0 Å². The number of hydrogen-bond donors (Lipinski definition) is 3. The third kappa shape index (κ3) is 3.03. The van der Waals surface area contributed by atoms with E-state index in [4.69, 9.17) is 9.84 Å². The van der Waals surface area contributed by atoms with Crippen LogP contribution in [0.2, 0.25) is 0 Å². The molecule has 2 unspecified atom stereocenters. The molecular weight excluding hydrogens is 330 g/mol. The fraction of sp³-hybridized carbons (Fsp3) is 0.667. The number of aliphatic hydroxyl groups is 2. The second kappa shape index (κ2) is 6.21. The lowest BCUT2D eigenvalue weighted by Gasteiger charge is -2.26. The molecule has 112 valence electrons. The van der Waals surface area contributed by atoms with E-state index in [0.29, 0.717) is 23.2 Å². The highest BCUT2D eigenvalue weighted by molar-refractivity contribution is 9.10. The lowest BCUT2D eigenvalue weighted by atomic mass is 9.97. The number of aromatic nitrogens is 2. The monoisotopic (exact) mass is 347 g/mol. The third-order valence-electron chi connectivity index (χ3n) is 3.54. The molecule has 1 aliphatic heterocycles. The van der Waals surface area contributed by atoms with Gasteiger partial charge in [0.2, 0.25) is 0 Å². The first-order valence-corrected chi connectivity index (χ1v) is 7.21. The predicted octanol–water partition coefficient (Wildman–Crippen LogP) is -0.0501. The summed E-state index contributed by atoms with van der Waals surface area (Å²) in [7, 11) is 0. The van der Waals surface area contributed by atoms with Crippen molar-refractivity contribution in [2.24, 2.45) is 0 Å². The molecular formula is C12H18BrN3O4. The topological polar surface area (TPSA) is 96.6 Å². The van der Waals surface area contributed by atoms with Gasteiger partial charge in [0.05, 0.1) is 31.1 Å². The van der Waals surface area contributed by atoms with Crippen LogP contribution in [-0.4, -0.2) is 51.5 Å². The minimum absolute atomic E-state index is 0.145. The highest BCUT2D eigenvalue weighted by Crippen LogP contribution is 2.27. The van der Waals surface area contributed by atoms with Gasteiger partial charge in [-0.25, -0.2) is 4.68 Å². The largest absolute Gasteiger partial charge is 0.394 e. The van der Waals surface area contributed by atoms with E-state index in [0.717, 1.165) is 0 Å². The molecule has 0 radical (unpaired) electrons. The number of ether oxygens (including phenoxy) is 1. The Hall–Kier alpha value is -0.960. The van der Waals surface area contributed by atoms with Gasteiger partial charge in [0.15, 0.2) is 0 Å². The van der Waals surface area contributed by atoms with E-state index in [1.807, 2.05) is 6.92 Å². The predicted molar refractivity (Wildman–Crippen MR) is 76.8 cm³/mol. The van der Waals surface area contributed by atoms with Gasteiger partial charge in [-0.15, -0.1) is 0 Å². The maximum absolute atomic E-state index is 11.9. The Morgan fingerprint density at radius 2 is 2.45 bits per heavy atom. The summed E-state index contributed by atoms with van der Waals surface area (Å²) >= 11 is 3.21. The second-order valence-corrected chi connectivity index (χ2v) is 5.64. The fourth-order valence-electron chi connectivity index (χ4n) is 2.09. The zero-order valence-corrected chi connectivity index (χ0v) is 12.8. The number of anilines is 1. The summed E-state index contributed by atoms with van der Waals surface area (Å²) in [5.41, 5.74) is -0.761. The van der Waals surface area contributed by atoms with Crippen LogP contribution in [0.5, 0.6) is 0 Å². The molecule has 8 heteroatoms. The molecule has 7 nitrogen and oxygen atoms in total. The van der Waals surface area contributed by atoms with Gasteiger partial charge in [-0.05, 0) is 22.9 Å². The van der Waals surface area contributed by atoms with Crippen molar-refractivity contribution in [2.75, 3.05) is 25.1 Å². The molecule has 0 saturated carbocycles. The van der Waals surface area contributed by atoms with Crippen molar-refractivity contribution in [2.45, 2.75) is 31.6 Å². The lowest BCUT2D eigenvalue weighted by Crippen LogP contribution is -2.43. The van der Waals surface area contributed by atoms with Gasteiger partial charge in [0.1, 0.15) is 10.1 Å². The average molecular weight is 348 g/mol. The molecule has 2 rings (SSSR count). The summed E-state index contributed by atoms with van der Waals surface area (Å²) in [6.07, 6.45) is 1.79. The van der Waals surface area contributed by atoms with Crippen molar-refractivity contribution in [1.29, 1.82) is 0 Å². The van der Waals surface area contributed by atoms with Crippen LogP contribution >= 0.6 is 15.9 Å². The van der Waals surface area contributed by atoms with Crippen molar-refractivity contribution in [3.05, 3.63) is 21.0 Å². The van der Waals surface area contributed by atoms with Gasteiger partial charge in [-0.2, -0.15) is 5.10 Å². The van der Waals surface area contributed by atoms with Crippen molar-refractivity contribution in [1.82, 2.24) is 9.78 Å². The molecule has 1 fully saturated rings. The molecule has 20 heavy (non-hydrogen) atoms. The molecule has 2 heterocycles. The van der Waals surface area contributed by atoms with Gasteiger partial charge < -0.3 is 20.3 Å². The number of rotatable bonds is 5. The van der Waals surface area contributed by atoms with Crippen LogP contribution in [0.4, 0.5) is 5.69 Å². The number of halogens is 1. The van der Waals surface area contributed by atoms with Crippen LogP contribution in [0, 0.1) is 0 Å². The van der Waals surface area contributed by atoms with Gasteiger partial charge in [0, 0.05) is 19.6 Å². The molecule has 1 saturated heterocycles. The zero-order valence-electron chi connectivity index (χ0n) is 11.2. The first-order chi connectivity index (χ1) is 9.48. The molecule has 0 amide bonds. The van der Waals surface area contributed by atoms with Crippen LogP contribution in [0.15, 0.2) is 15.5 Å². The second-order valence-electron chi connectivity index (χ2n) is 4.84. The van der Waals surface area contributed by atoms with E-state index in [1.165, 1.54) is 10.9 Å². The molecule has 2 atom stereocenters. The Morgan fingerprint density at radius 3 is 3.05 bits per heavy atom. The van der Waals surface area contributed by atoms with Crippen LogP contribution in [0.1, 0.15) is 13.3 Å². The average Bonchev–Trinajstić information content (AvgIpc) is 2.75. The summed E-state index contributed by atoms with van der Waals surface area (Å²) < 4.78 is 6.85. The van der Waals surface area contributed by atoms with Crippen molar-refractivity contribution in [3.63, 3.8) is 0 Å². The van der Waals surface area contributed by atoms with Crippen molar-refractivity contribution in [3.8, 4) is 0 Å². The summed E-state index contributed by atoms with van der Waals surface area (Å²) in [5, 5.41) is 26.2. The maximum Gasteiger partial charge on any atom is 0.283 e. The smallest absolute Gasteiger partial charge is 0.283 e. The van der Waals surface area contributed by atoms with Crippen LogP contribution in [-0.2, 0) is 11.3 Å². The maximum atomic E-state index is 11.9. The van der Waals surface area contributed by atoms with Gasteiger partial charge in [-0.1, -0.05) is 0 Å². The summed E-state index contributed by atoms with van der Waals surface area (Å²) in [6.45, 7) is 2.61. The van der Waals surface area contributed by atoms with Crippen LogP contribution in [0.25, 0.3) is 0 Å². The number of nitrogens with zero attached hydrogens (tertiary/aromatic N) is 2. The van der Waals surface area contributed by atoms with E-state index in [9.17, 15) is 9.90 Å². The molecule has 0 aromatic carbocycles. The fourth-order valence-corrected chi connectivity index (χ4v) is 2.54. The summed E-state index contributed by atoms with van der Waals surface area (Å²) in [6, 6.07) is 0. The zero-order chi connectivity index (χ0) is 14.8. The first-order valence-electron chi connectivity index (χ1n) is 6.42. The van der Waals surface area contributed by atoms with Gasteiger partial charge >= 0.3 is 0 Å². The first kappa shape index (κ1) is 15.4. The normalized spacial score (nSPS) is 25.9. The number of aliphatic hydroxyl groups excluding tert-OH is 1. The van der Waals surface area contributed by atoms with Crippen LogP contribution < -0.4 is 10.9 Å². The molecule has 0 spiro atoms. The molecule has 3 N–H and O–H groups in total. The SMILES string of the molecule is CC1OCCC1(O)CNc1cnn(CCO)c(=O)c1Br. The highest BCUT2D eigenvalue weighted by Gasteiger charge is 2.39. The molecule has 0 aliphatic carbocycles. The Morgan fingerprint density at radius 1 is 1.70 bits per heavy atom. The summed E-state index contributed by atoms with van der Waals surface area (Å²) in [4.78, 5) is 11.9. The Balaban J connectivity index is 2.11. The van der Waals surface area contributed by atoms with E-state index in [-0.39, 0.29) is 31.4 Å². The quantitative estimate of drug-likeness (QED) is 0.691. The van der Waals surface area contributed by atoms with E-state index in [2.05, 4.69) is 26.3 Å². The van der Waals surface area contributed by atoms with Crippen molar-refractivity contribution < 1.29 is 14.9 Å². The van der Waals surface area contributed by atoms with Gasteiger partial charge in [0.25, 0.3) is 5.56 Å². The van der Waals surface area contributed by atoms with E-state index < -0.39 is 5.60 Å². The standard InChI is InChI=1S/C12H18BrN3O4/c1-8-12(19,2-5-20-8)7-14-9-6-15-16(3-4-17)11(18)10(9)13/h6,8,14,17,19H,2-5,7H2,1H3. The Labute approximate surface area is 124 Å². The highest BCUT2D eigenvalue weighted by atomic mass is 79.9. The molecule has 1 aliphatic rings.